The number of halogens is 4. The minimum Gasteiger partial charge on any atom is -1.00 e. The van der Waals surface area contributed by atoms with Gasteiger partial charge in [-0.05, 0) is 249 Å². The summed E-state index contributed by atoms with van der Waals surface area (Å²) >= 11 is 0. The van der Waals surface area contributed by atoms with Crippen molar-refractivity contribution < 1.29 is 87.1 Å². The van der Waals surface area contributed by atoms with E-state index in [0.29, 0.717) is 81.2 Å². The maximum Gasteiger partial charge on any atom is 0.239 e. The van der Waals surface area contributed by atoms with Crippen molar-refractivity contribution in [2.24, 2.45) is 21.7 Å². The number of nitrogens with one attached hydrogen (secondary N) is 5. The zero-order valence-electron chi connectivity index (χ0n) is 77.2. The molecule has 13 N–H and O–H groups in total. The fraction of sp³-hybridized carbons (Fsp3) is 0.303. The molecule has 0 aliphatic heterocycles. The number of benzene rings is 12. The Kier molecular flexibility index (Phi) is 27.8. The van der Waals surface area contributed by atoms with Gasteiger partial charge in [-0.2, -0.15) is 0 Å². The van der Waals surface area contributed by atoms with Crippen LogP contribution in [0.5, 0.6) is 0 Å². The zero-order chi connectivity index (χ0) is 90.1. The molecule has 4 saturated carbocycles. The van der Waals surface area contributed by atoms with Crippen LogP contribution in [0, 0.1) is 77.0 Å². The lowest BCUT2D eigenvalue weighted by Gasteiger charge is -2.68. The number of aryl methyl sites for hydroxylation is 10. The van der Waals surface area contributed by atoms with E-state index in [0.717, 1.165) is 199 Å². The van der Waals surface area contributed by atoms with Crippen molar-refractivity contribution in [2.45, 2.75) is 158 Å². The van der Waals surface area contributed by atoms with Crippen LogP contribution in [0.3, 0.4) is 0 Å². The van der Waals surface area contributed by atoms with Gasteiger partial charge in [-0.15, -0.1) is 18.3 Å². The number of ketones is 1. The van der Waals surface area contributed by atoms with E-state index < -0.39 is 21.7 Å². The van der Waals surface area contributed by atoms with Gasteiger partial charge in [-0.3, -0.25) is 19.2 Å². The number of carbonyl (C=O) groups excluding carboxylic acids is 4. The molecule has 4 aromatic heterocycles. The molecule has 4 heterocycles. The van der Waals surface area contributed by atoms with Gasteiger partial charge < -0.3 is 99.1 Å². The Morgan fingerprint density at radius 2 is 0.537 bits per heavy atom. The van der Waals surface area contributed by atoms with E-state index in [1.165, 1.54) is 11.1 Å². The van der Waals surface area contributed by atoms with Gasteiger partial charge in [-0.25, -0.2) is 19.9 Å². The highest BCUT2D eigenvalue weighted by Gasteiger charge is 2.75. The molecule has 12 aromatic carbocycles. The number of rotatable bonds is 29. The molecule has 4 aliphatic carbocycles. The Morgan fingerprint density at radius 3 is 0.843 bits per heavy atom. The Hall–Kier alpha value is -12.9. The number of carbonyl (C=O) groups is 4. The van der Waals surface area contributed by atoms with Crippen molar-refractivity contribution in [3.05, 3.63) is 274 Å². The molecule has 0 radical (unpaired) electrons. The number of nitrogens with zero attached hydrogens (tertiary/aromatic N) is 8. The van der Waals surface area contributed by atoms with Crippen molar-refractivity contribution in [3.63, 3.8) is 0 Å². The largest absolute Gasteiger partial charge is 1.00 e. The molecule has 4 fully saturated rings. The Morgan fingerprint density at radius 1 is 0.284 bits per heavy atom. The number of nitrogens with two attached hydrogens (primary N) is 4. The van der Waals surface area contributed by atoms with Crippen molar-refractivity contribution >= 4 is 146 Å². The first-order valence-electron chi connectivity index (χ1n) is 46.1. The highest BCUT2D eigenvalue weighted by atomic mass is 35.5. The minimum absolute atomic E-state index is 0. The molecule has 25 heteroatoms. The summed E-state index contributed by atoms with van der Waals surface area (Å²) in [6.45, 7) is 18.5. The van der Waals surface area contributed by atoms with Crippen LogP contribution in [0.15, 0.2) is 218 Å². The van der Waals surface area contributed by atoms with Crippen molar-refractivity contribution in [1.29, 1.82) is 0 Å². The number of unbranched alkanes of at least 4 members (excludes halogenated alkanes) is 3. The van der Waals surface area contributed by atoms with Gasteiger partial charge in [0.05, 0.1) is 16.2 Å². The van der Waals surface area contributed by atoms with Crippen LogP contribution in [0.25, 0.3) is 111 Å². The van der Waals surface area contributed by atoms with Crippen LogP contribution < -0.4 is 117 Å². The van der Waals surface area contributed by atoms with E-state index in [1.807, 2.05) is 137 Å². The molecule has 4 bridgehead atoms. The fourth-order valence-corrected chi connectivity index (χ4v) is 22.1. The topological polar surface area (TPSA) is 300 Å². The first kappa shape index (κ1) is 95.7. The van der Waals surface area contributed by atoms with E-state index in [-0.39, 0.29) is 118 Å². The zero-order valence-corrected chi connectivity index (χ0v) is 80.2. The second-order valence-corrected chi connectivity index (χ2v) is 37.7. The number of Topliss-reactive ketones (excluding diaryl/α,β-unsaturated/α-hetero) is 1. The lowest BCUT2D eigenvalue weighted by atomic mass is 9.34. The standard InChI is InChI=1S/C109H111N17O4.4ClH/c1-66-44-86-94(123(76-30-15-10-16-31-76)96-54-80(110)68(3)46-88(96)119-86)52-74(66)28-14-9-23-38-102(127)106-60-107(103(128)116-39-25-24-29-75-53-95-87(45-67(75)2)120-89-47-69(4)81(111)55-97(89)124(95)77-32-17-11-18-33-77)63-108(61-106,104(129)117-42-26-40-114-84-58-100-92(50-72(84)7)121-90-48-70(5)82(112)56-98(90)125(100)78-34-19-12-20-35-78)65-109(62-106,64-107)105(130)118-43-27-41-115-85-59-101-93(51-73(85)8)122-91-49-71(6)83(113)57-99(91)126(101)79-36-21-13-22-37-79;;;;/h10-13,15-22,30-37,44-59,110-111H,9,14,23-29,38-43,60-65H2,1-8H3,(H7,112,113,114,115,116,117,118,128,129,130);4*1H. The van der Waals surface area contributed by atoms with E-state index in [2.05, 4.69) is 182 Å². The molecular weight excluding hydrogens is 1750 g/mol. The van der Waals surface area contributed by atoms with Crippen LogP contribution in [0.2, 0.25) is 0 Å². The summed E-state index contributed by atoms with van der Waals surface area (Å²) < 4.78 is 8.93. The first-order valence-corrected chi connectivity index (χ1v) is 46.1. The molecular formula is C109H115Cl4N17O4. The number of hydrogen-bond acceptors (Lipinski definition) is 14. The average molecular weight is 1870 g/mol. The van der Waals surface area contributed by atoms with Crippen LogP contribution in [-0.2, 0) is 32.0 Å². The van der Waals surface area contributed by atoms with E-state index in [9.17, 15) is 0 Å². The highest BCUT2D eigenvalue weighted by molar-refractivity contribution is 5.98. The second-order valence-electron chi connectivity index (χ2n) is 37.7. The number of anilines is 6. The highest BCUT2D eigenvalue weighted by Crippen LogP contribution is 2.74. The second kappa shape index (κ2) is 39.0. The number of para-hydroxylation sites is 4. The summed E-state index contributed by atoms with van der Waals surface area (Å²) in [5.74, 6) is -0.617. The van der Waals surface area contributed by atoms with Gasteiger partial charge in [0.15, 0.2) is 0 Å². The predicted octanol–water partition coefficient (Wildman–Crippen LogP) is 5.79. The maximum atomic E-state index is 16.3. The van der Waals surface area contributed by atoms with Gasteiger partial charge >= 0.3 is 0 Å². The molecule has 0 saturated heterocycles. The minimum atomic E-state index is -1.25. The van der Waals surface area contributed by atoms with Gasteiger partial charge in [0.2, 0.25) is 84.6 Å². The number of aromatic nitrogens is 8. The molecule has 134 heavy (non-hydrogen) atoms. The van der Waals surface area contributed by atoms with Gasteiger partial charge in [0.1, 0.15) is 49.9 Å². The number of hydrogen-bond donors (Lipinski definition) is 9. The van der Waals surface area contributed by atoms with Crippen LogP contribution >= 0.6 is 0 Å². The molecule has 20 rings (SSSR count). The number of nitrogen functional groups attached to an aromatic ring is 4. The summed E-state index contributed by atoms with van der Waals surface area (Å²) in [5, 5.41) is 17.8. The molecule has 21 nitrogen and oxygen atoms in total. The lowest BCUT2D eigenvalue weighted by Crippen LogP contribution is -3.00. The van der Waals surface area contributed by atoms with Crippen molar-refractivity contribution in [1.82, 2.24) is 35.9 Å². The SMILES string of the molecule is Cc1cc2nc3cc(C)c(CCCCCC(=O)C45CC6(C(=O)NCCCCc7cc8c(cc7C)nc7cc(C)c(N)cc7[n+]8-c7ccccc7)CC(C(=O)NCCCNc7cc8c(cc7C)nc7cc(C)c(N)cc7[n+]8-c7ccccc7)(C4)CC(C(=O)NCCCNc4cc7c(cc4C)nc4cc(C)c(N)cc4[n+]7-c4ccccc4)(C5)C6)cc3[n+](-c3ccccc3)c2cc1N.[Cl-].[Cl-].[Cl-].[Cl-]. The molecule has 2 unspecified atom stereocenters. The van der Waals surface area contributed by atoms with Crippen molar-refractivity contribution in [3.8, 4) is 22.7 Å². The third-order valence-electron chi connectivity index (χ3n) is 28.4. The summed E-state index contributed by atoms with van der Waals surface area (Å²) in [6.07, 6.45) is 7.81. The summed E-state index contributed by atoms with van der Waals surface area (Å²) in [4.78, 5) is 85.6. The Balaban J connectivity index is 0.00000342. The monoisotopic (exact) mass is 1870 g/mol. The molecule has 0 spiro atoms. The fourth-order valence-electron chi connectivity index (χ4n) is 22.1. The molecule has 2 atom stereocenters. The van der Waals surface area contributed by atoms with Crippen LogP contribution in [-0.4, -0.2) is 76.2 Å². The lowest BCUT2D eigenvalue weighted by molar-refractivity contribution is -0.538. The quantitative estimate of drug-likeness (QED) is 0.0116. The smallest absolute Gasteiger partial charge is 0.239 e. The van der Waals surface area contributed by atoms with Gasteiger partial charge in [0, 0.05) is 176 Å². The third-order valence-corrected chi connectivity index (χ3v) is 28.4. The Bertz CT molecular complexity index is 6400. The molecule has 688 valence electrons. The first-order chi connectivity index (χ1) is 62.8. The number of fused-ring (bicyclic) bond motifs is 8. The maximum absolute atomic E-state index is 16.3. The van der Waals surface area contributed by atoms with E-state index in [1.54, 1.807) is 0 Å². The van der Waals surface area contributed by atoms with Crippen molar-refractivity contribution in [2.75, 3.05) is 66.3 Å². The summed E-state index contributed by atoms with van der Waals surface area (Å²) in [7, 11) is 0. The Labute approximate surface area is 806 Å². The average Bonchev–Trinajstić information content (AvgIpc) is 0.667. The van der Waals surface area contributed by atoms with Gasteiger partial charge in [0.25, 0.3) is 0 Å². The van der Waals surface area contributed by atoms with Crippen LogP contribution in [0.4, 0.5) is 34.1 Å². The van der Waals surface area contributed by atoms with E-state index in [4.69, 9.17) is 42.9 Å². The molecule has 16 aromatic rings. The van der Waals surface area contributed by atoms with Crippen LogP contribution in [0.1, 0.15) is 146 Å². The number of amides is 3. The normalized spacial score (nSPS) is 17.0. The summed E-state index contributed by atoms with van der Waals surface area (Å²) in [6, 6.07) is 74.8. The molecule has 3 amide bonds. The van der Waals surface area contributed by atoms with E-state index >= 15 is 19.2 Å². The van der Waals surface area contributed by atoms with Gasteiger partial charge in [-0.1, -0.05) is 79.2 Å². The molecule has 4 aliphatic rings. The third kappa shape index (κ3) is 18.1. The summed E-state index contributed by atoms with van der Waals surface area (Å²) in [5.41, 5.74) is 54.9. The predicted molar refractivity (Wildman–Crippen MR) is 521 cm³/mol.